The van der Waals surface area contributed by atoms with E-state index in [1.165, 1.54) is 0 Å². The molecule has 92 valence electrons. The fraction of sp³-hybridized carbons (Fsp3) is 0.500. The van der Waals surface area contributed by atoms with Crippen LogP contribution in [-0.4, -0.2) is 24.5 Å². The van der Waals surface area contributed by atoms with E-state index >= 15 is 0 Å². The maximum atomic E-state index is 9.38. The van der Waals surface area contributed by atoms with Crippen LogP contribution in [-0.2, 0) is 4.32 Å². The third-order valence-electron chi connectivity index (χ3n) is 3.08. The Labute approximate surface area is 112 Å². The summed E-state index contributed by atoms with van der Waals surface area (Å²) in [7, 11) is 0. The molecule has 3 heteroatoms. The minimum absolute atomic E-state index is 0.559. The van der Waals surface area contributed by atoms with E-state index in [0.717, 1.165) is 31.6 Å². The van der Waals surface area contributed by atoms with Crippen LogP contribution in [0.5, 0.6) is 0 Å². The van der Waals surface area contributed by atoms with Crippen molar-refractivity contribution in [1.29, 1.82) is 5.26 Å². The summed E-state index contributed by atoms with van der Waals surface area (Å²) in [5.74, 6) is 0. The summed E-state index contributed by atoms with van der Waals surface area (Å²) in [5.41, 5.74) is 1.04. The summed E-state index contributed by atoms with van der Waals surface area (Å²) in [6.45, 7) is 7.28. The van der Waals surface area contributed by atoms with Crippen LogP contribution in [0.1, 0.15) is 25.8 Å². The predicted molar refractivity (Wildman–Crippen MR) is 75.1 cm³/mol. The van der Waals surface area contributed by atoms with Gasteiger partial charge >= 0.3 is 0 Å². The van der Waals surface area contributed by atoms with Crippen LogP contribution >= 0.6 is 15.9 Å². The summed E-state index contributed by atoms with van der Waals surface area (Å²) in [6.07, 6.45) is 0.801. The molecule has 0 heterocycles. The molecule has 0 saturated heterocycles. The fourth-order valence-corrected chi connectivity index (χ4v) is 2.26. The zero-order valence-electron chi connectivity index (χ0n) is 10.5. The Kier molecular flexibility index (Phi) is 5.67. The van der Waals surface area contributed by atoms with Crippen molar-refractivity contribution in [2.45, 2.75) is 24.6 Å². The zero-order valence-corrected chi connectivity index (χ0v) is 12.1. The largest absolute Gasteiger partial charge is 0.304 e. The lowest BCUT2D eigenvalue weighted by Gasteiger charge is -2.25. The Morgan fingerprint density at radius 1 is 1.24 bits per heavy atom. The summed E-state index contributed by atoms with van der Waals surface area (Å²) in [5, 5.41) is 9.38. The molecule has 0 aliphatic rings. The molecule has 1 aromatic rings. The minimum atomic E-state index is -0.559. The number of hydrogen-bond donors (Lipinski definition) is 0. The van der Waals surface area contributed by atoms with Crippen molar-refractivity contribution in [3.05, 3.63) is 35.9 Å². The molecule has 1 aromatic carbocycles. The van der Waals surface area contributed by atoms with Crippen molar-refractivity contribution in [2.75, 3.05) is 19.6 Å². The lowest BCUT2D eigenvalue weighted by atomic mass is 9.97. The molecule has 0 aromatic heterocycles. The van der Waals surface area contributed by atoms with Gasteiger partial charge in [-0.15, -0.1) is 0 Å². The first-order chi connectivity index (χ1) is 8.16. The van der Waals surface area contributed by atoms with Crippen LogP contribution in [0.25, 0.3) is 0 Å². The van der Waals surface area contributed by atoms with Gasteiger partial charge in [0.15, 0.2) is 0 Å². The second-order valence-corrected chi connectivity index (χ2v) is 5.41. The average Bonchev–Trinajstić information content (AvgIpc) is 2.40. The van der Waals surface area contributed by atoms with E-state index in [4.69, 9.17) is 0 Å². The molecule has 0 unspecified atom stereocenters. The second kappa shape index (κ2) is 6.78. The normalized spacial score (nSPS) is 14.3. The summed E-state index contributed by atoms with van der Waals surface area (Å²) < 4.78 is -0.559. The summed E-state index contributed by atoms with van der Waals surface area (Å²) in [4.78, 5) is 2.33. The van der Waals surface area contributed by atoms with Gasteiger partial charge in [-0.3, -0.25) is 0 Å². The third-order valence-corrected chi connectivity index (χ3v) is 4.11. The Bertz CT molecular complexity index is 368. The number of rotatable bonds is 6. The van der Waals surface area contributed by atoms with Crippen molar-refractivity contribution < 1.29 is 0 Å². The highest BCUT2D eigenvalue weighted by Gasteiger charge is 2.28. The maximum Gasteiger partial charge on any atom is 0.138 e. The molecule has 0 aliphatic heterocycles. The molecule has 0 spiro atoms. The molecule has 0 N–H and O–H groups in total. The van der Waals surface area contributed by atoms with Gasteiger partial charge in [0.05, 0.1) is 6.07 Å². The topological polar surface area (TPSA) is 27.0 Å². The quantitative estimate of drug-likeness (QED) is 0.751. The number of alkyl halides is 1. The fourth-order valence-electron chi connectivity index (χ4n) is 1.82. The van der Waals surface area contributed by atoms with Crippen molar-refractivity contribution in [3.63, 3.8) is 0 Å². The molecule has 1 atom stereocenters. The minimum Gasteiger partial charge on any atom is -0.304 e. The van der Waals surface area contributed by atoms with E-state index in [0.29, 0.717) is 0 Å². The van der Waals surface area contributed by atoms with Gasteiger partial charge in [-0.05, 0) is 25.1 Å². The van der Waals surface area contributed by atoms with Gasteiger partial charge in [-0.2, -0.15) is 5.26 Å². The van der Waals surface area contributed by atoms with Crippen molar-refractivity contribution in [2.24, 2.45) is 0 Å². The number of nitrogens with zero attached hydrogens (tertiary/aromatic N) is 2. The second-order valence-electron chi connectivity index (χ2n) is 4.06. The highest BCUT2D eigenvalue weighted by atomic mass is 79.9. The zero-order chi connectivity index (χ0) is 12.7. The molecule has 1 rings (SSSR count). The standard InChI is InChI=1S/C14H19BrN2/c1-3-17(4-2)11-10-14(15,12-16)13-8-6-5-7-9-13/h5-9H,3-4,10-11H2,1-2H3/t14-/m0/s1. The van der Waals surface area contributed by atoms with Crippen LogP contribution in [0.4, 0.5) is 0 Å². The van der Waals surface area contributed by atoms with Gasteiger partial charge in [0.2, 0.25) is 0 Å². The molecular formula is C14H19BrN2. The van der Waals surface area contributed by atoms with Crippen molar-refractivity contribution in [3.8, 4) is 6.07 Å². The SMILES string of the molecule is CCN(CC)CC[C@](Br)(C#N)c1ccccc1. The third kappa shape index (κ3) is 3.83. The first kappa shape index (κ1) is 14.2. The lowest BCUT2D eigenvalue weighted by Crippen LogP contribution is -2.29. The molecular weight excluding hydrogens is 276 g/mol. The van der Waals surface area contributed by atoms with E-state index in [1.807, 2.05) is 30.3 Å². The molecule has 0 amide bonds. The van der Waals surface area contributed by atoms with E-state index in [2.05, 4.69) is 40.7 Å². The number of benzene rings is 1. The van der Waals surface area contributed by atoms with E-state index in [1.54, 1.807) is 0 Å². The van der Waals surface area contributed by atoms with Crippen molar-refractivity contribution in [1.82, 2.24) is 4.90 Å². The van der Waals surface area contributed by atoms with Gasteiger partial charge in [-0.25, -0.2) is 0 Å². The molecule has 0 radical (unpaired) electrons. The molecule has 17 heavy (non-hydrogen) atoms. The monoisotopic (exact) mass is 294 g/mol. The summed E-state index contributed by atoms with van der Waals surface area (Å²) >= 11 is 3.59. The first-order valence-corrected chi connectivity index (χ1v) is 6.83. The Morgan fingerprint density at radius 3 is 2.29 bits per heavy atom. The molecule has 0 fully saturated rings. The van der Waals surface area contributed by atoms with E-state index in [-0.39, 0.29) is 0 Å². The van der Waals surface area contributed by atoms with Gasteiger partial charge < -0.3 is 4.90 Å². The first-order valence-electron chi connectivity index (χ1n) is 6.04. The molecule has 0 bridgehead atoms. The van der Waals surface area contributed by atoms with Crippen LogP contribution in [0.15, 0.2) is 30.3 Å². The highest BCUT2D eigenvalue weighted by molar-refractivity contribution is 9.09. The van der Waals surface area contributed by atoms with Gasteiger partial charge in [0.1, 0.15) is 4.32 Å². The van der Waals surface area contributed by atoms with Crippen LogP contribution in [0.2, 0.25) is 0 Å². The molecule has 0 aliphatic carbocycles. The van der Waals surface area contributed by atoms with Gasteiger partial charge in [0, 0.05) is 6.54 Å². The van der Waals surface area contributed by atoms with Crippen molar-refractivity contribution >= 4 is 15.9 Å². The lowest BCUT2D eigenvalue weighted by molar-refractivity contribution is 0.293. The van der Waals surface area contributed by atoms with Gasteiger partial charge in [-0.1, -0.05) is 60.1 Å². The number of halogens is 1. The van der Waals surface area contributed by atoms with E-state index < -0.39 is 4.32 Å². The van der Waals surface area contributed by atoms with E-state index in [9.17, 15) is 5.26 Å². The smallest absolute Gasteiger partial charge is 0.138 e. The average molecular weight is 295 g/mol. The van der Waals surface area contributed by atoms with Crippen LogP contribution < -0.4 is 0 Å². The van der Waals surface area contributed by atoms with Crippen LogP contribution in [0.3, 0.4) is 0 Å². The maximum absolute atomic E-state index is 9.38. The highest BCUT2D eigenvalue weighted by Crippen LogP contribution is 2.34. The molecule has 2 nitrogen and oxygen atoms in total. The summed E-state index contributed by atoms with van der Waals surface area (Å²) in [6, 6.07) is 12.3. The van der Waals surface area contributed by atoms with Gasteiger partial charge in [0.25, 0.3) is 0 Å². The Hall–Kier alpha value is -0.850. The number of nitriles is 1. The Morgan fingerprint density at radius 2 is 1.82 bits per heavy atom. The Balaban J connectivity index is 2.74. The van der Waals surface area contributed by atoms with Crippen LogP contribution in [0, 0.1) is 11.3 Å². The molecule has 0 saturated carbocycles. The number of hydrogen-bond acceptors (Lipinski definition) is 2. The predicted octanol–water partition coefficient (Wildman–Crippen LogP) is 3.53.